The Morgan fingerprint density at radius 1 is 1.33 bits per heavy atom. The lowest BCUT2D eigenvalue weighted by Crippen LogP contribution is -2.24. The lowest BCUT2D eigenvalue weighted by Gasteiger charge is -2.08. The second kappa shape index (κ2) is 5.04. The van der Waals surface area contributed by atoms with Crippen molar-refractivity contribution in [1.29, 1.82) is 0 Å². The van der Waals surface area contributed by atoms with Gasteiger partial charge in [0.2, 0.25) is 10.0 Å². The fraction of sp³-hybridized carbons (Fsp3) is 0.308. The molecule has 1 aromatic heterocycles. The van der Waals surface area contributed by atoms with Crippen molar-refractivity contribution < 1.29 is 8.42 Å². The maximum absolute atomic E-state index is 12.1. The third kappa shape index (κ3) is 2.52. The summed E-state index contributed by atoms with van der Waals surface area (Å²) in [6.45, 7) is 4.29. The van der Waals surface area contributed by atoms with Gasteiger partial charge in [-0.2, -0.15) is 0 Å². The quantitative estimate of drug-likeness (QED) is 0.921. The molecule has 5 heteroatoms. The Labute approximate surface area is 107 Å². The lowest BCUT2D eigenvalue weighted by molar-refractivity contribution is 0.581. The molecule has 0 radical (unpaired) electrons. The Morgan fingerprint density at radius 3 is 2.83 bits per heavy atom. The molecule has 96 valence electrons. The van der Waals surface area contributed by atoms with E-state index in [1.165, 1.54) is 0 Å². The van der Waals surface area contributed by atoms with Gasteiger partial charge >= 0.3 is 0 Å². The summed E-state index contributed by atoms with van der Waals surface area (Å²) >= 11 is 0. The molecule has 0 unspecified atom stereocenters. The number of para-hydroxylation sites is 1. The molecule has 18 heavy (non-hydrogen) atoms. The molecule has 0 aliphatic rings. The molecule has 0 saturated heterocycles. The maximum Gasteiger partial charge on any atom is 0.242 e. The molecular formula is C13H16N2O2S. The van der Waals surface area contributed by atoms with Gasteiger partial charge in [-0.05, 0) is 31.0 Å². The van der Waals surface area contributed by atoms with E-state index in [1.54, 1.807) is 18.3 Å². The molecule has 0 atom stereocenters. The number of pyridine rings is 1. The molecule has 2 aromatic rings. The molecule has 0 aliphatic carbocycles. The van der Waals surface area contributed by atoms with Crippen LogP contribution < -0.4 is 4.72 Å². The van der Waals surface area contributed by atoms with Gasteiger partial charge in [-0.25, -0.2) is 13.1 Å². The number of nitrogens with one attached hydrogen (secondary N) is 1. The third-order valence-electron chi connectivity index (χ3n) is 2.64. The van der Waals surface area contributed by atoms with Crippen LogP contribution in [-0.4, -0.2) is 19.9 Å². The van der Waals surface area contributed by atoms with Gasteiger partial charge in [-0.3, -0.25) is 4.98 Å². The molecule has 0 amide bonds. The number of hydrogen-bond acceptors (Lipinski definition) is 3. The number of fused-ring (bicyclic) bond motifs is 1. The molecule has 1 aromatic carbocycles. The zero-order valence-corrected chi connectivity index (χ0v) is 11.3. The maximum atomic E-state index is 12.1. The molecular weight excluding hydrogens is 248 g/mol. The van der Waals surface area contributed by atoms with Crippen LogP contribution in [0, 0.1) is 6.92 Å². The number of nitrogens with zero attached hydrogens (tertiary/aromatic N) is 1. The van der Waals surface area contributed by atoms with E-state index >= 15 is 0 Å². The van der Waals surface area contributed by atoms with Crippen LogP contribution in [0.25, 0.3) is 10.9 Å². The highest BCUT2D eigenvalue weighted by molar-refractivity contribution is 7.89. The number of aryl methyl sites for hydroxylation is 1. The van der Waals surface area contributed by atoms with Crippen LogP contribution in [-0.2, 0) is 10.0 Å². The van der Waals surface area contributed by atoms with Gasteiger partial charge in [-0.1, -0.05) is 19.1 Å². The summed E-state index contributed by atoms with van der Waals surface area (Å²) in [5, 5.41) is 0.842. The second-order valence-electron chi connectivity index (χ2n) is 4.24. The van der Waals surface area contributed by atoms with Crippen LogP contribution in [0.1, 0.15) is 18.9 Å². The fourth-order valence-corrected chi connectivity index (χ4v) is 3.09. The predicted octanol–water partition coefficient (Wildman–Crippen LogP) is 2.23. The molecule has 1 N–H and O–H groups in total. The highest BCUT2D eigenvalue weighted by atomic mass is 32.2. The van der Waals surface area contributed by atoms with Gasteiger partial charge in [0.15, 0.2) is 0 Å². The van der Waals surface area contributed by atoms with Crippen molar-refractivity contribution in [2.24, 2.45) is 0 Å². The monoisotopic (exact) mass is 264 g/mol. The fourth-order valence-electron chi connectivity index (χ4n) is 1.77. The standard InChI is InChI=1S/C13H16N2O2S/c1-3-7-15-18(16,17)12-6-4-5-11-8-10(2)9-14-13(11)12/h4-6,8-9,15H,3,7H2,1-2H3. The first-order valence-corrected chi connectivity index (χ1v) is 7.38. The van der Waals surface area contributed by atoms with Crippen molar-refractivity contribution in [2.45, 2.75) is 25.2 Å². The van der Waals surface area contributed by atoms with Crippen molar-refractivity contribution in [3.05, 3.63) is 36.0 Å². The van der Waals surface area contributed by atoms with Crippen molar-refractivity contribution in [3.63, 3.8) is 0 Å². The number of hydrogen-bond donors (Lipinski definition) is 1. The van der Waals surface area contributed by atoms with Crippen molar-refractivity contribution >= 4 is 20.9 Å². The average molecular weight is 264 g/mol. The van der Waals surface area contributed by atoms with E-state index in [-0.39, 0.29) is 4.90 Å². The number of rotatable bonds is 4. The van der Waals surface area contributed by atoms with Crippen molar-refractivity contribution in [3.8, 4) is 0 Å². The SMILES string of the molecule is CCCNS(=O)(=O)c1cccc2cc(C)cnc12. The smallest absolute Gasteiger partial charge is 0.242 e. The van der Waals surface area contributed by atoms with Crippen LogP contribution >= 0.6 is 0 Å². The van der Waals surface area contributed by atoms with Gasteiger partial charge in [0.25, 0.3) is 0 Å². The summed E-state index contributed by atoms with van der Waals surface area (Å²) in [7, 11) is -3.47. The van der Waals surface area contributed by atoms with Gasteiger partial charge in [0.05, 0.1) is 5.52 Å². The Balaban J connectivity index is 2.58. The van der Waals surface area contributed by atoms with Crippen LogP contribution in [0.5, 0.6) is 0 Å². The Hall–Kier alpha value is -1.46. The van der Waals surface area contributed by atoms with Crippen molar-refractivity contribution in [1.82, 2.24) is 9.71 Å². The van der Waals surface area contributed by atoms with E-state index in [9.17, 15) is 8.42 Å². The molecule has 0 fully saturated rings. The third-order valence-corrected chi connectivity index (χ3v) is 4.13. The van der Waals surface area contributed by atoms with Crippen LogP contribution in [0.4, 0.5) is 0 Å². The summed E-state index contributed by atoms with van der Waals surface area (Å²) in [6.07, 6.45) is 2.44. The highest BCUT2D eigenvalue weighted by Gasteiger charge is 2.17. The minimum absolute atomic E-state index is 0.244. The lowest BCUT2D eigenvalue weighted by atomic mass is 10.2. The first-order valence-electron chi connectivity index (χ1n) is 5.89. The molecule has 1 heterocycles. The van der Waals surface area contributed by atoms with Gasteiger partial charge in [0.1, 0.15) is 4.90 Å². The first kappa shape index (κ1) is 13.0. The summed E-state index contributed by atoms with van der Waals surface area (Å²) < 4.78 is 26.8. The van der Waals surface area contributed by atoms with E-state index < -0.39 is 10.0 Å². The number of benzene rings is 1. The second-order valence-corrected chi connectivity index (χ2v) is 5.97. The molecule has 2 rings (SSSR count). The summed E-state index contributed by atoms with van der Waals surface area (Å²) in [6, 6.07) is 7.13. The molecule has 4 nitrogen and oxygen atoms in total. The highest BCUT2D eigenvalue weighted by Crippen LogP contribution is 2.21. The van der Waals surface area contributed by atoms with E-state index in [0.717, 1.165) is 17.4 Å². The topological polar surface area (TPSA) is 59.1 Å². The summed E-state index contributed by atoms with van der Waals surface area (Å²) in [5.41, 5.74) is 1.53. The zero-order chi connectivity index (χ0) is 13.2. The zero-order valence-electron chi connectivity index (χ0n) is 10.5. The van der Waals surface area contributed by atoms with E-state index in [2.05, 4.69) is 9.71 Å². The Morgan fingerprint density at radius 2 is 2.11 bits per heavy atom. The molecule has 0 bridgehead atoms. The minimum Gasteiger partial charge on any atom is -0.255 e. The van der Waals surface area contributed by atoms with E-state index in [4.69, 9.17) is 0 Å². The minimum atomic E-state index is -3.47. The Bertz CT molecular complexity index is 666. The van der Waals surface area contributed by atoms with Crippen molar-refractivity contribution in [2.75, 3.05) is 6.54 Å². The van der Waals surface area contributed by atoms with Crippen LogP contribution in [0.2, 0.25) is 0 Å². The average Bonchev–Trinajstić information content (AvgIpc) is 2.35. The van der Waals surface area contributed by atoms with E-state index in [0.29, 0.717) is 12.1 Å². The summed E-state index contributed by atoms with van der Waals surface area (Å²) in [4.78, 5) is 4.48. The predicted molar refractivity (Wildman–Crippen MR) is 72.0 cm³/mol. The van der Waals surface area contributed by atoms with E-state index in [1.807, 2.05) is 26.0 Å². The molecule has 0 aliphatic heterocycles. The van der Waals surface area contributed by atoms with Gasteiger partial charge in [-0.15, -0.1) is 0 Å². The normalized spacial score (nSPS) is 11.9. The first-order chi connectivity index (χ1) is 8.54. The molecule has 0 saturated carbocycles. The number of aromatic nitrogens is 1. The largest absolute Gasteiger partial charge is 0.255 e. The number of sulfonamides is 1. The Kier molecular flexibility index (Phi) is 3.63. The molecule has 0 spiro atoms. The van der Waals surface area contributed by atoms with Crippen LogP contribution in [0.15, 0.2) is 35.4 Å². The van der Waals surface area contributed by atoms with Crippen LogP contribution in [0.3, 0.4) is 0 Å². The summed E-state index contributed by atoms with van der Waals surface area (Å²) in [5.74, 6) is 0. The van der Waals surface area contributed by atoms with Gasteiger partial charge in [0, 0.05) is 18.1 Å². The van der Waals surface area contributed by atoms with Gasteiger partial charge < -0.3 is 0 Å².